The van der Waals surface area contributed by atoms with Gasteiger partial charge in [-0.05, 0) is 71.4 Å². The van der Waals surface area contributed by atoms with Crippen LogP contribution in [0.15, 0.2) is 51.7 Å². The van der Waals surface area contributed by atoms with Crippen molar-refractivity contribution < 1.29 is 4.74 Å². The van der Waals surface area contributed by atoms with Crippen molar-refractivity contribution in [1.82, 2.24) is 0 Å². The van der Waals surface area contributed by atoms with Gasteiger partial charge in [-0.2, -0.15) is 0 Å². The van der Waals surface area contributed by atoms with Gasteiger partial charge in [-0.15, -0.1) is 22.7 Å². The molecule has 0 unspecified atom stereocenters. The molecule has 3 heterocycles. The number of hydrogen-bond donors (Lipinski definition) is 0. The Morgan fingerprint density at radius 2 is 1.84 bits per heavy atom. The van der Waals surface area contributed by atoms with Gasteiger partial charge in [-0.25, -0.2) is 0 Å². The average Bonchev–Trinajstić information content (AvgIpc) is 3.38. The van der Waals surface area contributed by atoms with Gasteiger partial charge in [-0.3, -0.25) is 0 Å². The maximum atomic E-state index is 6.92. The van der Waals surface area contributed by atoms with Gasteiger partial charge in [0.05, 0.1) is 0 Å². The fraction of sp³-hybridized carbons (Fsp3) is 0.455. The Hall–Kier alpha value is -1.16. The fourth-order valence-electron chi connectivity index (χ4n) is 4.19. The third-order valence-corrected chi connectivity index (χ3v) is 7.04. The Kier molecular flexibility index (Phi) is 5.98. The highest BCUT2D eigenvalue weighted by molar-refractivity contribution is 7.10. The van der Waals surface area contributed by atoms with Crippen LogP contribution < -0.4 is 0 Å². The molecule has 0 aromatic carbocycles. The lowest BCUT2D eigenvalue weighted by Gasteiger charge is -2.34. The molecule has 0 saturated heterocycles. The van der Waals surface area contributed by atoms with Gasteiger partial charge < -0.3 is 4.74 Å². The molecule has 0 saturated carbocycles. The van der Waals surface area contributed by atoms with Crippen molar-refractivity contribution in [3.63, 3.8) is 0 Å². The molecule has 0 radical (unpaired) electrons. The zero-order valence-electron chi connectivity index (χ0n) is 15.7. The van der Waals surface area contributed by atoms with Crippen LogP contribution in [0.1, 0.15) is 69.2 Å². The molecule has 2 aromatic rings. The summed E-state index contributed by atoms with van der Waals surface area (Å²) < 4.78 is 6.92. The van der Waals surface area contributed by atoms with Gasteiger partial charge in [0, 0.05) is 9.75 Å². The van der Waals surface area contributed by atoms with Gasteiger partial charge in [-0.1, -0.05) is 39.8 Å². The van der Waals surface area contributed by atoms with Crippen LogP contribution in [-0.4, -0.2) is 5.60 Å². The Morgan fingerprint density at radius 1 is 1.08 bits per heavy atom. The second-order valence-corrected chi connectivity index (χ2v) is 8.40. The molecule has 0 spiro atoms. The molecular weight excluding hydrogens is 344 g/mol. The largest absolute Gasteiger partial charge is 0.353 e. The summed E-state index contributed by atoms with van der Waals surface area (Å²) >= 11 is 3.61. The molecule has 2 atom stereocenters. The van der Waals surface area contributed by atoms with E-state index in [0.717, 1.165) is 25.7 Å². The van der Waals surface area contributed by atoms with E-state index in [4.69, 9.17) is 4.74 Å². The Morgan fingerprint density at radius 3 is 2.36 bits per heavy atom. The zero-order valence-corrected chi connectivity index (χ0v) is 17.3. The first-order valence-corrected chi connectivity index (χ1v) is 11.1. The van der Waals surface area contributed by atoms with Gasteiger partial charge >= 0.3 is 0 Å². The van der Waals surface area contributed by atoms with Gasteiger partial charge in [0.15, 0.2) is 0 Å². The molecule has 25 heavy (non-hydrogen) atoms. The molecule has 0 bridgehead atoms. The number of ether oxygens (including phenoxy) is 1. The molecule has 0 fully saturated rings. The second kappa shape index (κ2) is 8.03. The van der Waals surface area contributed by atoms with Crippen LogP contribution in [0, 0.1) is 0 Å². The van der Waals surface area contributed by atoms with Crippen LogP contribution in [0.5, 0.6) is 0 Å². The van der Waals surface area contributed by atoms with E-state index in [-0.39, 0.29) is 11.7 Å². The summed E-state index contributed by atoms with van der Waals surface area (Å²) in [7, 11) is 0. The van der Waals surface area contributed by atoms with Gasteiger partial charge in [0.2, 0.25) is 0 Å². The SMILES string of the molecule is CCC1=C(CC)[C@](CC)(/C(=C/c2cccs2)CC)O[C@H]1c1cccs1. The van der Waals surface area contributed by atoms with E-state index in [9.17, 15) is 0 Å². The first kappa shape index (κ1) is 18.6. The highest BCUT2D eigenvalue weighted by Crippen LogP contribution is 2.53. The zero-order chi connectivity index (χ0) is 17.9. The monoisotopic (exact) mass is 372 g/mol. The highest BCUT2D eigenvalue weighted by Gasteiger charge is 2.46. The second-order valence-electron chi connectivity index (χ2n) is 6.44. The summed E-state index contributed by atoms with van der Waals surface area (Å²) in [5.74, 6) is 0. The Balaban J connectivity index is 2.12. The van der Waals surface area contributed by atoms with Gasteiger partial charge in [0.1, 0.15) is 11.7 Å². The summed E-state index contributed by atoms with van der Waals surface area (Å²) in [6.07, 6.45) is 6.62. The van der Waals surface area contributed by atoms with E-state index in [2.05, 4.69) is 68.8 Å². The van der Waals surface area contributed by atoms with Crippen LogP contribution in [0.25, 0.3) is 6.08 Å². The summed E-state index contributed by atoms with van der Waals surface area (Å²) in [5.41, 5.74) is 4.19. The van der Waals surface area contributed by atoms with Crippen LogP contribution in [0.3, 0.4) is 0 Å². The summed E-state index contributed by atoms with van der Waals surface area (Å²) in [5, 5.41) is 4.31. The van der Waals surface area contributed by atoms with Crippen molar-refractivity contribution in [2.75, 3.05) is 0 Å². The number of hydrogen-bond acceptors (Lipinski definition) is 3. The minimum Gasteiger partial charge on any atom is -0.353 e. The molecule has 1 aliphatic rings. The summed E-state index contributed by atoms with van der Waals surface area (Å²) in [4.78, 5) is 2.66. The predicted octanol–water partition coefficient (Wildman–Crippen LogP) is 7.64. The molecular formula is C22H28OS2. The van der Waals surface area contributed by atoms with E-state index >= 15 is 0 Å². The predicted molar refractivity (Wildman–Crippen MR) is 111 cm³/mol. The number of thiophene rings is 2. The Bertz CT molecular complexity index is 737. The van der Waals surface area contributed by atoms with E-state index in [1.165, 1.54) is 26.5 Å². The van der Waals surface area contributed by atoms with Crippen molar-refractivity contribution in [3.05, 3.63) is 61.5 Å². The van der Waals surface area contributed by atoms with E-state index in [1.807, 2.05) is 11.3 Å². The average molecular weight is 373 g/mol. The molecule has 0 amide bonds. The highest BCUT2D eigenvalue weighted by atomic mass is 32.1. The standard InChI is InChI=1S/C22H28OS2/c1-5-16(15-17-11-9-13-24-17)22(8-4)19(7-3)18(6-2)21(23-22)20-12-10-14-25-20/h9-15,21H,5-8H2,1-4H3/b16-15+/t21-,22+/m1/s1. The molecule has 1 nitrogen and oxygen atoms in total. The molecule has 1 aliphatic heterocycles. The van der Waals surface area contributed by atoms with Crippen molar-refractivity contribution in [2.24, 2.45) is 0 Å². The molecule has 3 rings (SSSR count). The van der Waals surface area contributed by atoms with Crippen molar-refractivity contribution in [2.45, 2.75) is 65.1 Å². The summed E-state index contributed by atoms with van der Waals surface area (Å²) in [6, 6.07) is 8.68. The third-order valence-electron chi connectivity index (χ3n) is 5.30. The van der Waals surface area contributed by atoms with E-state index < -0.39 is 0 Å². The van der Waals surface area contributed by atoms with Gasteiger partial charge in [0.25, 0.3) is 0 Å². The quantitative estimate of drug-likeness (QED) is 0.454. The van der Waals surface area contributed by atoms with Crippen LogP contribution in [-0.2, 0) is 4.74 Å². The molecule has 3 heteroatoms. The van der Waals surface area contributed by atoms with E-state index in [1.54, 1.807) is 11.3 Å². The molecule has 134 valence electrons. The maximum Gasteiger partial charge on any atom is 0.115 e. The van der Waals surface area contributed by atoms with Crippen LogP contribution >= 0.6 is 22.7 Å². The van der Waals surface area contributed by atoms with Crippen LogP contribution in [0.2, 0.25) is 0 Å². The topological polar surface area (TPSA) is 9.23 Å². The minimum absolute atomic E-state index is 0.123. The van der Waals surface area contributed by atoms with Crippen molar-refractivity contribution >= 4 is 28.7 Å². The first-order chi connectivity index (χ1) is 12.2. The first-order valence-electron chi connectivity index (χ1n) is 9.38. The smallest absolute Gasteiger partial charge is 0.115 e. The van der Waals surface area contributed by atoms with Crippen LogP contribution in [0.4, 0.5) is 0 Å². The lowest BCUT2D eigenvalue weighted by molar-refractivity contribution is -0.0116. The summed E-state index contributed by atoms with van der Waals surface area (Å²) in [6.45, 7) is 9.10. The van der Waals surface area contributed by atoms with E-state index in [0.29, 0.717) is 0 Å². The molecule has 0 N–H and O–H groups in total. The normalized spacial score (nSPS) is 24.3. The maximum absolute atomic E-state index is 6.92. The molecule has 0 aliphatic carbocycles. The van der Waals surface area contributed by atoms with Crippen molar-refractivity contribution in [1.29, 1.82) is 0 Å². The molecule has 2 aromatic heterocycles. The minimum atomic E-state index is -0.243. The lowest BCUT2D eigenvalue weighted by atomic mass is 9.79. The Labute approximate surface area is 160 Å². The number of rotatable bonds is 7. The van der Waals surface area contributed by atoms with Crippen molar-refractivity contribution in [3.8, 4) is 0 Å². The fourth-order valence-corrected chi connectivity index (χ4v) is 5.65. The third kappa shape index (κ3) is 3.30. The lowest BCUT2D eigenvalue weighted by Crippen LogP contribution is -2.33.